The molecule has 2 aromatic rings. The van der Waals surface area contributed by atoms with E-state index in [0.717, 1.165) is 30.9 Å². The predicted octanol–water partition coefficient (Wildman–Crippen LogP) is 2.06. The first-order valence-corrected chi connectivity index (χ1v) is 6.64. The van der Waals surface area contributed by atoms with E-state index in [-0.39, 0.29) is 0 Å². The zero-order valence-corrected chi connectivity index (χ0v) is 10.9. The fraction of sp³-hybridized carbons (Fsp3) is 0.615. The Morgan fingerprint density at radius 1 is 1.22 bits per heavy atom. The number of aromatic nitrogens is 4. The first-order valence-electron chi connectivity index (χ1n) is 6.64. The van der Waals surface area contributed by atoms with Crippen molar-refractivity contribution in [3.05, 3.63) is 28.9 Å². The van der Waals surface area contributed by atoms with Crippen LogP contribution in [-0.4, -0.2) is 19.7 Å². The SMILES string of the molecule is CCc1nc(Cn2c(C)nc3c2CCCC3)no1. The van der Waals surface area contributed by atoms with Crippen LogP contribution in [0.4, 0.5) is 0 Å². The monoisotopic (exact) mass is 246 g/mol. The number of rotatable bonds is 3. The van der Waals surface area contributed by atoms with Crippen molar-refractivity contribution in [2.75, 3.05) is 0 Å². The van der Waals surface area contributed by atoms with E-state index in [9.17, 15) is 0 Å². The number of imidazole rings is 1. The molecule has 0 bridgehead atoms. The Labute approximate surface area is 106 Å². The third-order valence-corrected chi connectivity index (χ3v) is 3.54. The van der Waals surface area contributed by atoms with Gasteiger partial charge >= 0.3 is 0 Å². The molecule has 0 saturated heterocycles. The van der Waals surface area contributed by atoms with Crippen LogP contribution in [-0.2, 0) is 25.8 Å². The second kappa shape index (κ2) is 4.55. The largest absolute Gasteiger partial charge is 0.339 e. The molecule has 0 unspecified atom stereocenters. The van der Waals surface area contributed by atoms with E-state index in [1.807, 2.05) is 6.92 Å². The van der Waals surface area contributed by atoms with Crippen LogP contribution in [0.3, 0.4) is 0 Å². The molecule has 0 radical (unpaired) electrons. The molecule has 0 atom stereocenters. The van der Waals surface area contributed by atoms with Crippen molar-refractivity contribution in [1.29, 1.82) is 0 Å². The molecule has 5 nitrogen and oxygen atoms in total. The van der Waals surface area contributed by atoms with Crippen molar-refractivity contribution >= 4 is 0 Å². The van der Waals surface area contributed by atoms with Crippen LogP contribution in [0.1, 0.15) is 48.7 Å². The van der Waals surface area contributed by atoms with Gasteiger partial charge in [0.15, 0.2) is 5.82 Å². The molecule has 18 heavy (non-hydrogen) atoms. The minimum absolute atomic E-state index is 0.678. The third kappa shape index (κ3) is 1.94. The van der Waals surface area contributed by atoms with Gasteiger partial charge in [0, 0.05) is 12.1 Å². The fourth-order valence-electron chi connectivity index (χ4n) is 2.58. The van der Waals surface area contributed by atoms with E-state index in [0.29, 0.717) is 12.4 Å². The minimum atomic E-state index is 0.678. The summed E-state index contributed by atoms with van der Waals surface area (Å²) in [5, 5.41) is 4.02. The minimum Gasteiger partial charge on any atom is -0.339 e. The molecular weight excluding hydrogens is 228 g/mol. The van der Waals surface area contributed by atoms with Gasteiger partial charge in [-0.15, -0.1) is 0 Å². The van der Waals surface area contributed by atoms with Crippen molar-refractivity contribution in [3.8, 4) is 0 Å². The maximum Gasteiger partial charge on any atom is 0.226 e. The molecule has 2 heterocycles. The molecule has 0 N–H and O–H groups in total. The molecule has 0 spiro atoms. The van der Waals surface area contributed by atoms with Crippen molar-refractivity contribution in [3.63, 3.8) is 0 Å². The van der Waals surface area contributed by atoms with E-state index in [1.54, 1.807) is 0 Å². The third-order valence-electron chi connectivity index (χ3n) is 3.54. The summed E-state index contributed by atoms with van der Waals surface area (Å²) in [6.45, 7) is 4.75. The molecule has 3 rings (SSSR count). The van der Waals surface area contributed by atoms with Gasteiger partial charge in [-0.1, -0.05) is 12.1 Å². The van der Waals surface area contributed by atoms with Crippen LogP contribution in [0.15, 0.2) is 4.52 Å². The van der Waals surface area contributed by atoms with E-state index in [1.165, 1.54) is 24.2 Å². The van der Waals surface area contributed by atoms with Crippen LogP contribution in [0, 0.1) is 6.92 Å². The van der Waals surface area contributed by atoms with Crippen molar-refractivity contribution in [1.82, 2.24) is 19.7 Å². The highest BCUT2D eigenvalue weighted by Gasteiger charge is 2.19. The lowest BCUT2D eigenvalue weighted by atomic mass is 10.0. The Kier molecular flexibility index (Phi) is 2.89. The number of hydrogen-bond donors (Lipinski definition) is 0. The Morgan fingerprint density at radius 2 is 2.06 bits per heavy atom. The molecule has 1 aliphatic carbocycles. The van der Waals surface area contributed by atoms with Gasteiger partial charge in [-0.05, 0) is 32.6 Å². The quantitative estimate of drug-likeness (QED) is 0.831. The van der Waals surface area contributed by atoms with Gasteiger partial charge in [0.2, 0.25) is 5.89 Å². The lowest BCUT2D eigenvalue weighted by Crippen LogP contribution is -2.11. The average Bonchev–Trinajstić information content (AvgIpc) is 2.96. The smallest absolute Gasteiger partial charge is 0.226 e. The standard InChI is InChI=1S/C13H18N4O/c1-3-13-15-12(16-18-13)8-17-9(2)14-10-6-4-5-7-11(10)17/h3-8H2,1-2H3. The topological polar surface area (TPSA) is 56.7 Å². The van der Waals surface area contributed by atoms with Crippen LogP contribution < -0.4 is 0 Å². The van der Waals surface area contributed by atoms with Gasteiger partial charge in [0.05, 0.1) is 12.2 Å². The lowest BCUT2D eigenvalue weighted by Gasteiger charge is -2.13. The number of nitrogens with zero attached hydrogens (tertiary/aromatic N) is 4. The fourth-order valence-corrected chi connectivity index (χ4v) is 2.58. The molecule has 5 heteroatoms. The maximum atomic E-state index is 5.15. The molecule has 0 aromatic carbocycles. The van der Waals surface area contributed by atoms with E-state index >= 15 is 0 Å². The Hall–Kier alpha value is -1.65. The van der Waals surface area contributed by atoms with Gasteiger partial charge in [0.1, 0.15) is 5.82 Å². The highest BCUT2D eigenvalue weighted by molar-refractivity contribution is 5.20. The van der Waals surface area contributed by atoms with Crippen LogP contribution >= 0.6 is 0 Å². The van der Waals surface area contributed by atoms with Gasteiger partial charge < -0.3 is 9.09 Å². The van der Waals surface area contributed by atoms with E-state index in [2.05, 4.69) is 26.6 Å². The summed E-state index contributed by atoms with van der Waals surface area (Å²) in [7, 11) is 0. The summed E-state index contributed by atoms with van der Waals surface area (Å²) < 4.78 is 7.39. The molecule has 0 aliphatic heterocycles. The van der Waals surface area contributed by atoms with Crippen LogP contribution in [0.25, 0.3) is 0 Å². The Morgan fingerprint density at radius 3 is 2.83 bits per heavy atom. The summed E-state index contributed by atoms with van der Waals surface area (Å²) in [4.78, 5) is 9.02. The Balaban J connectivity index is 1.90. The van der Waals surface area contributed by atoms with Gasteiger partial charge in [-0.25, -0.2) is 4.98 Å². The zero-order chi connectivity index (χ0) is 12.5. The highest BCUT2D eigenvalue weighted by atomic mass is 16.5. The van der Waals surface area contributed by atoms with Gasteiger partial charge in [-0.3, -0.25) is 0 Å². The molecule has 0 fully saturated rings. The van der Waals surface area contributed by atoms with Gasteiger partial charge in [-0.2, -0.15) is 4.98 Å². The van der Waals surface area contributed by atoms with Crippen molar-refractivity contribution < 1.29 is 4.52 Å². The first-order chi connectivity index (χ1) is 8.78. The molecule has 0 saturated carbocycles. The summed E-state index contributed by atoms with van der Waals surface area (Å²) in [5.74, 6) is 2.52. The summed E-state index contributed by atoms with van der Waals surface area (Å²) in [5.41, 5.74) is 2.62. The first kappa shape index (κ1) is 11.4. The maximum absolute atomic E-state index is 5.15. The number of hydrogen-bond acceptors (Lipinski definition) is 4. The van der Waals surface area contributed by atoms with Crippen molar-refractivity contribution in [2.24, 2.45) is 0 Å². The zero-order valence-electron chi connectivity index (χ0n) is 10.9. The molecule has 0 amide bonds. The molecule has 2 aromatic heterocycles. The van der Waals surface area contributed by atoms with Gasteiger partial charge in [0.25, 0.3) is 0 Å². The second-order valence-electron chi connectivity index (χ2n) is 4.80. The average molecular weight is 246 g/mol. The second-order valence-corrected chi connectivity index (χ2v) is 4.80. The predicted molar refractivity (Wildman–Crippen MR) is 66.4 cm³/mol. The molecular formula is C13H18N4O. The lowest BCUT2D eigenvalue weighted by molar-refractivity contribution is 0.375. The van der Waals surface area contributed by atoms with E-state index in [4.69, 9.17) is 4.52 Å². The molecule has 1 aliphatic rings. The molecule has 96 valence electrons. The number of fused-ring (bicyclic) bond motifs is 1. The van der Waals surface area contributed by atoms with E-state index < -0.39 is 0 Å². The van der Waals surface area contributed by atoms with Crippen LogP contribution in [0.2, 0.25) is 0 Å². The van der Waals surface area contributed by atoms with Crippen molar-refractivity contribution in [2.45, 2.75) is 52.5 Å². The summed E-state index contributed by atoms with van der Waals surface area (Å²) >= 11 is 0. The Bertz CT molecular complexity index is 555. The summed E-state index contributed by atoms with van der Waals surface area (Å²) in [6.07, 6.45) is 5.52. The van der Waals surface area contributed by atoms with Crippen LogP contribution in [0.5, 0.6) is 0 Å². The normalized spacial score (nSPS) is 14.8. The number of aryl methyl sites for hydroxylation is 3. The summed E-state index contributed by atoms with van der Waals surface area (Å²) in [6, 6.07) is 0. The highest BCUT2D eigenvalue weighted by Crippen LogP contribution is 2.22.